The molecule has 15 heavy (non-hydrogen) atoms. The van der Waals surface area contributed by atoms with Crippen LogP contribution in [-0.2, 0) is 6.54 Å². The molecule has 0 fully saturated rings. The summed E-state index contributed by atoms with van der Waals surface area (Å²) in [5, 5.41) is 3.20. The van der Waals surface area contributed by atoms with E-state index in [4.69, 9.17) is 0 Å². The van der Waals surface area contributed by atoms with Gasteiger partial charge in [-0.2, -0.15) is 0 Å². The second-order valence-electron chi connectivity index (χ2n) is 4.31. The molecular formula is C13H22N2. The third kappa shape index (κ3) is 4.02. The summed E-state index contributed by atoms with van der Waals surface area (Å²) >= 11 is 0. The third-order valence-electron chi connectivity index (χ3n) is 2.80. The molecule has 0 saturated carbocycles. The lowest BCUT2D eigenvalue weighted by Gasteiger charge is -2.24. The van der Waals surface area contributed by atoms with Gasteiger partial charge in [-0.1, -0.05) is 29.8 Å². The normalized spacial score (nSPS) is 13.1. The summed E-state index contributed by atoms with van der Waals surface area (Å²) in [6.45, 7) is 6.41. The Bertz CT molecular complexity index is 279. The van der Waals surface area contributed by atoms with E-state index >= 15 is 0 Å². The van der Waals surface area contributed by atoms with Crippen molar-refractivity contribution in [3.8, 4) is 0 Å². The highest BCUT2D eigenvalue weighted by Gasteiger charge is 2.07. The predicted octanol–water partition coefficient (Wildman–Crippen LogP) is 2.03. The van der Waals surface area contributed by atoms with Gasteiger partial charge in [0, 0.05) is 19.1 Å². The van der Waals surface area contributed by atoms with Gasteiger partial charge in [0.15, 0.2) is 0 Å². The zero-order chi connectivity index (χ0) is 11.3. The Morgan fingerprint density at radius 2 is 1.87 bits per heavy atom. The second kappa shape index (κ2) is 5.89. The van der Waals surface area contributed by atoms with Crippen molar-refractivity contribution in [3.05, 3.63) is 35.4 Å². The molecule has 0 aliphatic carbocycles. The van der Waals surface area contributed by atoms with Crippen LogP contribution in [0.15, 0.2) is 24.3 Å². The van der Waals surface area contributed by atoms with Gasteiger partial charge in [0.05, 0.1) is 0 Å². The molecule has 0 heterocycles. The minimum atomic E-state index is 0.566. The molecule has 0 saturated heterocycles. The van der Waals surface area contributed by atoms with Crippen molar-refractivity contribution in [2.24, 2.45) is 0 Å². The number of aryl methyl sites for hydroxylation is 1. The lowest BCUT2D eigenvalue weighted by Crippen LogP contribution is -2.36. The maximum absolute atomic E-state index is 3.20. The Morgan fingerprint density at radius 1 is 1.27 bits per heavy atom. The van der Waals surface area contributed by atoms with E-state index in [1.165, 1.54) is 11.1 Å². The highest BCUT2D eigenvalue weighted by atomic mass is 15.1. The number of rotatable bonds is 5. The fraction of sp³-hybridized carbons (Fsp3) is 0.538. The zero-order valence-corrected chi connectivity index (χ0v) is 10.2. The number of likely N-dealkylation sites (N-methyl/N-ethyl adjacent to an activating group) is 2. The Labute approximate surface area is 93.3 Å². The largest absolute Gasteiger partial charge is 0.318 e. The Morgan fingerprint density at radius 3 is 2.40 bits per heavy atom. The molecule has 1 atom stereocenters. The van der Waals surface area contributed by atoms with E-state index < -0.39 is 0 Å². The van der Waals surface area contributed by atoms with Crippen LogP contribution in [0.5, 0.6) is 0 Å². The third-order valence-corrected chi connectivity index (χ3v) is 2.80. The van der Waals surface area contributed by atoms with Gasteiger partial charge >= 0.3 is 0 Å². The van der Waals surface area contributed by atoms with E-state index in [2.05, 4.69) is 55.4 Å². The van der Waals surface area contributed by atoms with Crippen molar-refractivity contribution in [2.75, 3.05) is 20.6 Å². The van der Waals surface area contributed by atoms with Crippen molar-refractivity contribution in [1.82, 2.24) is 10.2 Å². The quantitative estimate of drug-likeness (QED) is 0.793. The molecule has 0 aliphatic rings. The summed E-state index contributed by atoms with van der Waals surface area (Å²) in [4.78, 5) is 2.36. The number of benzene rings is 1. The first-order chi connectivity index (χ1) is 7.13. The molecule has 84 valence electrons. The van der Waals surface area contributed by atoms with Crippen molar-refractivity contribution in [3.63, 3.8) is 0 Å². The van der Waals surface area contributed by atoms with Crippen LogP contribution < -0.4 is 5.32 Å². The van der Waals surface area contributed by atoms with Gasteiger partial charge in [-0.3, -0.25) is 4.90 Å². The van der Waals surface area contributed by atoms with Crippen molar-refractivity contribution in [2.45, 2.75) is 26.4 Å². The van der Waals surface area contributed by atoms with E-state index in [0.717, 1.165) is 13.1 Å². The first kappa shape index (κ1) is 12.2. The van der Waals surface area contributed by atoms with E-state index in [1.807, 2.05) is 7.05 Å². The molecule has 1 aromatic rings. The summed E-state index contributed by atoms with van der Waals surface area (Å²) in [6, 6.07) is 9.32. The van der Waals surface area contributed by atoms with Crippen LogP contribution in [-0.4, -0.2) is 31.6 Å². The molecule has 0 bridgehead atoms. The summed E-state index contributed by atoms with van der Waals surface area (Å²) < 4.78 is 0. The van der Waals surface area contributed by atoms with Gasteiger partial charge in [-0.15, -0.1) is 0 Å². The van der Waals surface area contributed by atoms with Crippen LogP contribution in [0.3, 0.4) is 0 Å². The molecule has 1 rings (SSSR count). The van der Waals surface area contributed by atoms with Crippen LogP contribution in [0.2, 0.25) is 0 Å². The summed E-state index contributed by atoms with van der Waals surface area (Å²) in [5.41, 5.74) is 2.70. The number of hydrogen-bond acceptors (Lipinski definition) is 2. The van der Waals surface area contributed by atoms with Gasteiger partial charge in [0.25, 0.3) is 0 Å². The number of nitrogens with zero attached hydrogens (tertiary/aromatic N) is 1. The summed E-state index contributed by atoms with van der Waals surface area (Å²) in [6.07, 6.45) is 0. The van der Waals surface area contributed by atoms with E-state index in [9.17, 15) is 0 Å². The monoisotopic (exact) mass is 206 g/mol. The molecular weight excluding hydrogens is 184 g/mol. The maximum atomic E-state index is 3.20. The van der Waals surface area contributed by atoms with Gasteiger partial charge < -0.3 is 5.32 Å². The minimum Gasteiger partial charge on any atom is -0.318 e. The first-order valence-corrected chi connectivity index (χ1v) is 5.54. The molecule has 2 nitrogen and oxygen atoms in total. The van der Waals surface area contributed by atoms with Gasteiger partial charge in [0.1, 0.15) is 0 Å². The highest BCUT2D eigenvalue weighted by Crippen LogP contribution is 2.07. The van der Waals surface area contributed by atoms with Gasteiger partial charge in [-0.25, -0.2) is 0 Å². The summed E-state index contributed by atoms with van der Waals surface area (Å²) in [7, 11) is 4.16. The summed E-state index contributed by atoms with van der Waals surface area (Å²) in [5.74, 6) is 0. The zero-order valence-electron chi connectivity index (χ0n) is 10.2. The topological polar surface area (TPSA) is 15.3 Å². The standard InChI is InChI=1S/C13H22N2/c1-11-5-7-13(8-6-11)10-15(4)12(2)9-14-3/h5-8,12,14H,9-10H2,1-4H3. The molecule has 1 N–H and O–H groups in total. The molecule has 0 radical (unpaired) electrons. The average Bonchev–Trinajstić information content (AvgIpc) is 2.22. The number of nitrogens with one attached hydrogen (secondary N) is 1. The molecule has 1 unspecified atom stereocenters. The average molecular weight is 206 g/mol. The number of hydrogen-bond donors (Lipinski definition) is 1. The molecule has 2 heteroatoms. The smallest absolute Gasteiger partial charge is 0.0234 e. The Kier molecular flexibility index (Phi) is 4.79. The van der Waals surface area contributed by atoms with E-state index in [0.29, 0.717) is 6.04 Å². The molecule has 0 aliphatic heterocycles. The minimum absolute atomic E-state index is 0.566. The molecule has 0 amide bonds. The van der Waals surface area contributed by atoms with Gasteiger partial charge in [0.2, 0.25) is 0 Å². The molecule has 0 spiro atoms. The van der Waals surface area contributed by atoms with Crippen LogP contribution in [0, 0.1) is 6.92 Å². The Balaban J connectivity index is 2.50. The van der Waals surface area contributed by atoms with Crippen molar-refractivity contribution >= 4 is 0 Å². The maximum Gasteiger partial charge on any atom is 0.0234 e. The van der Waals surface area contributed by atoms with E-state index in [-0.39, 0.29) is 0 Å². The second-order valence-corrected chi connectivity index (χ2v) is 4.31. The molecule has 1 aromatic carbocycles. The van der Waals surface area contributed by atoms with Crippen LogP contribution in [0.25, 0.3) is 0 Å². The lowest BCUT2D eigenvalue weighted by atomic mass is 10.1. The van der Waals surface area contributed by atoms with Crippen LogP contribution >= 0.6 is 0 Å². The van der Waals surface area contributed by atoms with Crippen LogP contribution in [0.1, 0.15) is 18.1 Å². The highest BCUT2D eigenvalue weighted by molar-refractivity contribution is 5.21. The fourth-order valence-corrected chi connectivity index (χ4v) is 1.59. The van der Waals surface area contributed by atoms with Crippen molar-refractivity contribution in [1.29, 1.82) is 0 Å². The van der Waals surface area contributed by atoms with Crippen molar-refractivity contribution < 1.29 is 0 Å². The molecule has 0 aromatic heterocycles. The SMILES string of the molecule is CNCC(C)N(C)Cc1ccc(C)cc1. The van der Waals surface area contributed by atoms with Crippen LogP contribution in [0.4, 0.5) is 0 Å². The van der Waals surface area contributed by atoms with Gasteiger partial charge in [-0.05, 0) is 33.5 Å². The first-order valence-electron chi connectivity index (χ1n) is 5.54. The Hall–Kier alpha value is -0.860. The fourth-order valence-electron chi connectivity index (χ4n) is 1.59. The predicted molar refractivity (Wildman–Crippen MR) is 66.0 cm³/mol. The lowest BCUT2D eigenvalue weighted by molar-refractivity contribution is 0.246. The van der Waals surface area contributed by atoms with E-state index in [1.54, 1.807) is 0 Å².